The van der Waals surface area contributed by atoms with Crippen molar-refractivity contribution in [1.29, 1.82) is 0 Å². The van der Waals surface area contributed by atoms with Crippen LogP contribution in [-0.2, 0) is 0 Å². The van der Waals surface area contributed by atoms with Gasteiger partial charge in [-0.2, -0.15) is 4.98 Å². The highest BCUT2D eigenvalue weighted by molar-refractivity contribution is 5.00. The quantitative estimate of drug-likeness (QED) is 0.876. The first kappa shape index (κ1) is 15.0. The summed E-state index contributed by atoms with van der Waals surface area (Å²) >= 11 is 0. The summed E-state index contributed by atoms with van der Waals surface area (Å²) < 4.78 is 5.57. The van der Waals surface area contributed by atoms with Crippen LogP contribution in [0.1, 0.15) is 94.8 Å². The van der Waals surface area contributed by atoms with E-state index < -0.39 is 0 Å². The molecule has 1 aromatic heterocycles. The van der Waals surface area contributed by atoms with E-state index in [-0.39, 0.29) is 0 Å². The van der Waals surface area contributed by atoms with Crippen molar-refractivity contribution < 1.29 is 4.52 Å². The molecule has 1 N–H and O–H groups in total. The number of nitrogens with one attached hydrogen (secondary N) is 1. The Morgan fingerprint density at radius 3 is 2.71 bits per heavy atom. The molecule has 0 bridgehead atoms. The lowest BCUT2D eigenvalue weighted by atomic mass is 9.80. The molecule has 1 saturated heterocycles. The lowest BCUT2D eigenvalue weighted by molar-refractivity contribution is 0.259. The molecular weight excluding hydrogens is 262 g/mol. The zero-order valence-corrected chi connectivity index (χ0v) is 13.3. The number of unbranched alkanes of at least 4 members (excludes halogenated alkanes) is 1. The molecular formula is C17H29N3O. The molecule has 21 heavy (non-hydrogen) atoms. The van der Waals surface area contributed by atoms with E-state index in [0.717, 1.165) is 30.6 Å². The Hall–Kier alpha value is -0.900. The highest BCUT2D eigenvalue weighted by Gasteiger charge is 2.28. The molecule has 2 heterocycles. The van der Waals surface area contributed by atoms with E-state index in [2.05, 4.69) is 17.4 Å². The summed E-state index contributed by atoms with van der Waals surface area (Å²) in [6, 6.07) is 0.317. The second-order valence-electron chi connectivity index (χ2n) is 6.85. The molecule has 3 rings (SSSR count). The minimum atomic E-state index is 0.317. The largest absolute Gasteiger partial charge is 0.339 e. The van der Waals surface area contributed by atoms with Crippen LogP contribution in [0.2, 0.25) is 0 Å². The zero-order valence-electron chi connectivity index (χ0n) is 13.3. The van der Waals surface area contributed by atoms with Gasteiger partial charge < -0.3 is 9.84 Å². The Kier molecular flexibility index (Phi) is 5.28. The van der Waals surface area contributed by atoms with Gasteiger partial charge in [-0.15, -0.1) is 0 Å². The Morgan fingerprint density at radius 1 is 1.14 bits per heavy atom. The monoisotopic (exact) mass is 291 g/mol. The Bertz CT molecular complexity index is 417. The maximum absolute atomic E-state index is 5.57. The van der Waals surface area contributed by atoms with Gasteiger partial charge in [0.15, 0.2) is 5.82 Å². The third-order valence-electron chi connectivity index (χ3n) is 5.24. The summed E-state index contributed by atoms with van der Waals surface area (Å²) in [7, 11) is 0. The van der Waals surface area contributed by atoms with Crippen molar-refractivity contribution in [2.24, 2.45) is 5.92 Å². The Balaban J connectivity index is 1.52. The van der Waals surface area contributed by atoms with Crippen LogP contribution in [0.5, 0.6) is 0 Å². The maximum atomic E-state index is 5.57. The summed E-state index contributed by atoms with van der Waals surface area (Å²) in [6.45, 7) is 3.36. The fraction of sp³-hybridized carbons (Fsp3) is 0.882. The average molecular weight is 291 g/mol. The van der Waals surface area contributed by atoms with E-state index in [0.29, 0.717) is 12.0 Å². The topological polar surface area (TPSA) is 51.0 Å². The van der Waals surface area contributed by atoms with Crippen molar-refractivity contribution >= 4 is 0 Å². The van der Waals surface area contributed by atoms with Crippen LogP contribution in [0.15, 0.2) is 4.52 Å². The lowest BCUT2D eigenvalue weighted by Crippen LogP contribution is -2.27. The first-order valence-electron chi connectivity index (χ1n) is 8.93. The van der Waals surface area contributed by atoms with Crippen LogP contribution >= 0.6 is 0 Å². The number of hydrogen-bond acceptors (Lipinski definition) is 4. The van der Waals surface area contributed by atoms with Crippen LogP contribution in [0.25, 0.3) is 0 Å². The van der Waals surface area contributed by atoms with E-state index in [1.807, 2.05) is 0 Å². The molecule has 1 aliphatic carbocycles. The average Bonchev–Trinajstić information content (AvgIpc) is 3.04. The van der Waals surface area contributed by atoms with Crippen molar-refractivity contribution in [2.45, 2.75) is 83.1 Å². The first-order valence-corrected chi connectivity index (χ1v) is 8.93. The predicted octanol–water partition coefficient (Wildman–Crippen LogP) is 4.35. The minimum Gasteiger partial charge on any atom is -0.339 e. The van der Waals surface area contributed by atoms with Gasteiger partial charge in [0, 0.05) is 5.92 Å². The number of aromatic nitrogens is 2. The normalized spacial score (nSPS) is 30.4. The van der Waals surface area contributed by atoms with Gasteiger partial charge in [0.25, 0.3) is 0 Å². The molecule has 118 valence electrons. The number of hydrogen-bond donors (Lipinski definition) is 1. The summed E-state index contributed by atoms with van der Waals surface area (Å²) in [5.74, 6) is 3.22. The number of rotatable bonds is 5. The van der Waals surface area contributed by atoms with Gasteiger partial charge in [0.1, 0.15) is 0 Å². The summed E-state index contributed by atoms with van der Waals surface area (Å²) in [6.07, 6.45) is 12.9. The standard InChI is InChI=1S/C17H29N3O/c1-2-3-6-13-8-10-14(11-9-13)17-19-16(20-21-17)15-7-4-5-12-18-15/h13-15,18H,2-12H2,1H3. The second kappa shape index (κ2) is 7.39. The second-order valence-corrected chi connectivity index (χ2v) is 6.85. The molecule has 0 radical (unpaired) electrons. The predicted molar refractivity (Wildman–Crippen MR) is 83.1 cm³/mol. The van der Waals surface area contributed by atoms with E-state index in [9.17, 15) is 0 Å². The molecule has 0 aromatic carbocycles. The van der Waals surface area contributed by atoms with E-state index >= 15 is 0 Å². The minimum absolute atomic E-state index is 0.317. The van der Waals surface area contributed by atoms with Gasteiger partial charge in [-0.05, 0) is 51.0 Å². The van der Waals surface area contributed by atoms with Gasteiger partial charge >= 0.3 is 0 Å². The zero-order chi connectivity index (χ0) is 14.5. The van der Waals surface area contributed by atoms with Crippen LogP contribution in [0, 0.1) is 5.92 Å². The van der Waals surface area contributed by atoms with Gasteiger partial charge in [-0.3, -0.25) is 0 Å². The maximum Gasteiger partial charge on any atom is 0.229 e. The van der Waals surface area contributed by atoms with Gasteiger partial charge in [-0.1, -0.05) is 37.8 Å². The summed E-state index contributed by atoms with van der Waals surface area (Å²) in [5.41, 5.74) is 0. The third kappa shape index (κ3) is 3.85. The summed E-state index contributed by atoms with van der Waals surface area (Å²) in [5, 5.41) is 7.73. The summed E-state index contributed by atoms with van der Waals surface area (Å²) in [4.78, 5) is 4.70. The van der Waals surface area contributed by atoms with Gasteiger partial charge in [0.05, 0.1) is 6.04 Å². The molecule has 1 atom stereocenters. The molecule has 2 aliphatic rings. The van der Waals surface area contributed by atoms with Crippen molar-refractivity contribution in [3.63, 3.8) is 0 Å². The molecule has 0 spiro atoms. The van der Waals surface area contributed by atoms with Crippen molar-refractivity contribution in [3.05, 3.63) is 11.7 Å². The Labute approximate surface area is 128 Å². The Morgan fingerprint density at radius 2 is 2.00 bits per heavy atom. The number of piperidine rings is 1. The molecule has 1 unspecified atom stereocenters. The van der Waals surface area contributed by atoms with Crippen LogP contribution in [0.3, 0.4) is 0 Å². The highest BCUT2D eigenvalue weighted by Crippen LogP contribution is 2.37. The van der Waals surface area contributed by atoms with Crippen molar-refractivity contribution in [1.82, 2.24) is 15.5 Å². The third-order valence-corrected chi connectivity index (χ3v) is 5.24. The molecule has 1 aromatic rings. The fourth-order valence-electron chi connectivity index (χ4n) is 3.82. The fourth-order valence-corrected chi connectivity index (χ4v) is 3.82. The van der Waals surface area contributed by atoms with Crippen molar-refractivity contribution in [3.8, 4) is 0 Å². The first-order chi connectivity index (χ1) is 10.4. The van der Waals surface area contributed by atoms with E-state index in [1.165, 1.54) is 57.8 Å². The molecule has 2 fully saturated rings. The molecule has 0 amide bonds. The SMILES string of the molecule is CCCCC1CCC(c2nc(C3CCCCN3)no2)CC1. The van der Waals surface area contributed by atoms with Gasteiger partial charge in [-0.25, -0.2) is 0 Å². The number of nitrogens with zero attached hydrogens (tertiary/aromatic N) is 2. The molecule has 4 heteroatoms. The molecule has 4 nitrogen and oxygen atoms in total. The highest BCUT2D eigenvalue weighted by atomic mass is 16.5. The smallest absolute Gasteiger partial charge is 0.229 e. The van der Waals surface area contributed by atoms with Crippen LogP contribution in [-0.4, -0.2) is 16.7 Å². The van der Waals surface area contributed by atoms with Gasteiger partial charge in [0.2, 0.25) is 5.89 Å². The lowest BCUT2D eigenvalue weighted by Gasteiger charge is -2.26. The van der Waals surface area contributed by atoms with Crippen LogP contribution < -0.4 is 5.32 Å². The van der Waals surface area contributed by atoms with E-state index in [4.69, 9.17) is 9.51 Å². The van der Waals surface area contributed by atoms with E-state index in [1.54, 1.807) is 0 Å². The molecule has 1 aliphatic heterocycles. The molecule has 1 saturated carbocycles. The van der Waals surface area contributed by atoms with Crippen molar-refractivity contribution in [2.75, 3.05) is 6.54 Å². The van der Waals surface area contributed by atoms with Crippen LogP contribution in [0.4, 0.5) is 0 Å².